The maximum atomic E-state index is 5.81. The number of halogens is 1. The van der Waals surface area contributed by atoms with Gasteiger partial charge in [-0.2, -0.15) is 0 Å². The van der Waals surface area contributed by atoms with Gasteiger partial charge in [-0.15, -0.1) is 24.0 Å². The van der Waals surface area contributed by atoms with Crippen LogP contribution in [0, 0.1) is 6.92 Å². The van der Waals surface area contributed by atoms with Gasteiger partial charge in [-0.1, -0.05) is 26.0 Å². The van der Waals surface area contributed by atoms with Gasteiger partial charge in [0.1, 0.15) is 5.75 Å². The van der Waals surface area contributed by atoms with E-state index in [0.717, 1.165) is 43.3 Å². The average molecular weight is 405 g/mol. The van der Waals surface area contributed by atoms with E-state index in [4.69, 9.17) is 4.74 Å². The van der Waals surface area contributed by atoms with E-state index in [1.807, 2.05) is 0 Å². The van der Waals surface area contributed by atoms with Crippen molar-refractivity contribution in [2.45, 2.75) is 40.2 Å². The normalized spacial score (nSPS) is 10.8. The van der Waals surface area contributed by atoms with Crippen LogP contribution in [0.5, 0.6) is 5.75 Å². The molecule has 0 spiro atoms. The van der Waals surface area contributed by atoms with Gasteiger partial charge in [-0.05, 0) is 31.4 Å². The number of aliphatic imine (C=N–C) groups is 1. The number of hydrogen-bond donors (Lipinski definition) is 2. The molecule has 120 valence electrons. The predicted octanol–water partition coefficient (Wildman–Crippen LogP) is 3.48. The zero-order valence-corrected chi connectivity index (χ0v) is 15.9. The summed E-state index contributed by atoms with van der Waals surface area (Å²) in [6.45, 7) is 8.72. The highest BCUT2D eigenvalue weighted by atomic mass is 127. The number of hydrogen-bond acceptors (Lipinski definition) is 2. The van der Waals surface area contributed by atoms with E-state index in [2.05, 4.69) is 54.6 Å². The van der Waals surface area contributed by atoms with E-state index in [1.54, 1.807) is 7.05 Å². The van der Waals surface area contributed by atoms with Crippen molar-refractivity contribution in [3.05, 3.63) is 29.3 Å². The quantitative estimate of drug-likeness (QED) is 0.415. The van der Waals surface area contributed by atoms with Crippen molar-refractivity contribution in [3.8, 4) is 5.75 Å². The monoisotopic (exact) mass is 405 g/mol. The van der Waals surface area contributed by atoms with Gasteiger partial charge >= 0.3 is 0 Å². The minimum absolute atomic E-state index is 0. The molecule has 0 aliphatic heterocycles. The number of guanidine groups is 1. The lowest BCUT2D eigenvalue weighted by atomic mass is 10.1. The fraction of sp³-hybridized carbons (Fsp3) is 0.562. The summed E-state index contributed by atoms with van der Waals surface area (Å²) in [4.78, 5) is 4.20. The van der Waals surface area contributed by atoms with Crippen molar-refractivity contribution in [1.82, 2.24) is 10.6 Å². The molecule has 0 fully saturated rings. The first-order valence-electron chi connectivity index (χ1n) is 7.38. The van der Waals surface area contributed by atoms with Crippen molar-refractivity contribution < 1.29 is 4.74 Å². The molecule has 21 heavy (non-hydrogen) atoms. The van der Waals surface area contributed by atoms with Crippen molar-refractivity contribution >= 4 is 29.9 Å². The topological polar surface area (TPSA) is 45.7 Å². The molecule has 1 aromatic carbocycles. The zero-order valence-electron chi connectivity index (χ0n) is 13.5. The Labute approximate surface area is 145 Å². The lowest BCUT2D eigenvalue weighted by Gasteiger charge is -2.15. The van der Waals surface area contributed by atoms with Crippen LogP contribution in [-0.2, 0) is 6.54 Å². The minimum Gasteiger partial charge on any atom is -0.493 e. The van der Waals surface area contributed by atoms with Gasteiger partial charge in [0.15, 0.2) is 5.96 Å². The molecule has 1 aromatic rings. The van der Waals surface area contributed by atoms with Gasteiger partial charge in [0.25, 0.3) is 0 Å². The van der Waals surface area contributed by atoms with Gasteiger partial charge < -0.3 is 15.4 Å². The van der Waals surface area contributed by atoms with Gasteiger partial charge in [-0.25, -0.2) is 0 Å². The third-order valence-corrected chi connectivity index (χ3v) is 2.90. The summed E-state index contributed by atoms with van der Waals surface area (Å²) in [6, 6.07) is 6.31. The van der Waals surface area contributed by atoms with Gasteiger partial charge in [0.2, 0.25) is 0 Å². The van der Waals surface area contributed by atoms with E-state index in [-0.39, 0.29) is 24.0 Å². The van der Waals surface area contributed by atoms with E-state index >= 15 is 0 Å². The largest absolute Gasteiger partial charge is 0.493 e. The summed E-state index contributed by atoms with van der Waals surface area (Å²) >= 11 is 0. The van der Waals surface area contributed by atoms with Crippen LogP contribution in [-0.4, -0.2) is 26.2 Å². The molecule has 0 saturated heterocycles. The molecule has 1 rings (SSSR count). The Morgan fingerprint density at radius 3 is 2.57 bits per heavy atom. The fourth-order valence-electron chi connectivity index (χ4n) is 1.80. The third kappa shape index (κ3) is 7.55. The lowest BCUT2D eigenvalue weighted by Crippen LogP contribution is -2.37. The second-order valence-corrected chi connectivity index (χ2v) is 4.81. The summed E-state index contributed by atoms with van der Waals surface area (Å²) in [5.41, 5.74) is 2.37. The van der Waals surface area contributed by atoms with E-state index in [0.29, 0.717) is 6.54 Å². The summed E-state index contributed by atoms with van der Waals surface area (Å²) in [6.07, 6.45) is 2.09. The highest BCUT2D eigenvalue weighted by molar-refractivity contribution is 14.0. The van der Waals surface area contributed by atoms with E-state index < -0.39 is 0 Å². The molecule has 0 atom stereocenters. The molecule has 0 aliphatic rings. The van der Waals surface area contributed by atoms with Crippen molar-refractivity contribution in [2.24, 2.45) is 4.99 Å². The highest BCUT2D eigenvalue weighted by Gasteiger charge is 2.05. The van der Waals surface area contributed by atoms with Crippen LogP contribution in [0.4, 0.5) is 0 Å². The molecule has 4 nitrogen and oxygen atoms in total. The number of rotatable bonds is 7. The zero-order chi connectivity index (χ0) is 14.8. The predicted molar refractivity (Wildman–Crippen MR) is 101 cm³/mol. The molecule has 0 radical (unpaired) electrons. The van der Waals surface area contributed by atoms with Crippen LogP contribution >= 0.6 is 24.0 Å². The number of benzene rings is 1. The Morgan fingerprint density at radius 1 is 1.19 bits per heavy atom. The van der Waals surface area contributed by atoms with Crippen LogP contribution in [0.2, 0.25) is 0 Å². The molecular formula is C16H28IN3O. The number of nitrogens with zero attached hydrogens (tertiary/aromatic N) is 1. The van der Waals surface area contributed by atoms with Gasteiger partial charge in [0.05, 0.1) is 6.61 Å². The second-order valence-electron chi connectivity index (χ2n) is 4.81. The Balaban J connectivity index is 0.00000400. The molecular weight excluding hydrogens is 377 g/mol. The average Bonchev–Trinajstić information content (AvgIpc) is 2.46. The highest BCUT2D eigenvalue weighted by Crippen LogP contribution is 2.20. The summed E-state index contributed by atoms with van der Waals surface area (Å²) in [5, 5.41) is 6.58. The maximum Gasteiger partial charge on any atom is 0.191 e. The second kappa shape index (κ2) is 11.7. The molecule has 0 saturated carbocycles. The Morgan fingerprint density at radius 2 is 1.95 bits per heavy atom. The van der Waals surface area contributed by atoms with Crippen LogP contribution in [0.3, 0.4) is 0 Å². The van der Waals surface area contributed by atoms with Gasteiger partial charge in [-0.3, -0.25) is 4.99 Å². The molecule has 0 bridgehead atoms. The first-order chi connectivity index (χ1) is 9.71. The Bertz CT molecular complexity index is 436. The molecule has 5 heteroatoms. The molecule has 0 heterocycles. The molecule has 0 unspecified atom stereocenters. The van der Waals surface area contributed by atoms with Crippen LogP contribution in [0.15, 0.2) is 23.2 Å². The van der Waals surface area contributed by atoms with Crippen molar-refractivity contribution in [3.63, 3.8) is 0 Å². The molecule has 0 amide bonds. The number of nitrogens with one attached hydrogen (secondary N) is 2. The van der Waals surface area contributed by atoms with Crippen LogP contribution in [0.25, 0.3) is 0 Å². The Kier molecular flexibility index (Phi) is 11.1. The molecule has 0 aromatic heterocycles. The number of aryl methyl sites for hydroxylation is 1. The molecule has 0 aliphatic carbocycles. The summed E-state index contributed by atoms with van der Waals surface area (Å²) in [5.74, 6) is 1.79. The van der Waals surface area contributed by atoms with Crippen LogP contribution in [0.1, 0.15) is 37.8 Å². The maximum absolute atomic E-state index is 5.81. The van der Waals surface area contributed by atoms with E-state index in [1.165, 1.54) is 5.56 Å². The third-order valence-electron chi connectivity index (χ3n) is 2.90. The van der Waals surface area contributed by atoms with Crippen LogP contribution < -0.4 is 15.4 Å². The molecule has 2 N–H and O–H groups in total. The first kappa shape index (κ1) is 20.0. The first-order valence-corrected chi connectivity index (χ1v) is 7.38. The Hall–Kier alpha value is -0.980. The van der Waals surface area contributed by atoms with Crippen molar-refractivity contribution in [2.75, 3.05) is 20.2 Å². The standard InChI is InChI=1S/C16H27N3O.HI/c1-5-9-18-16(17-4)19-12-14-8-7-13(3)11-15(14)20-10-6-2;/h7-8,11H,5-6,9-10,12H2,1-4H3,(H2,17,18,19);1H. The fourth-order valence-corrected chi connectivity index (χ4v) is 1.80. The van der Waals surface area contributed by atoms with Crippen molar-refractivity contribution in [1.29, 1.82) is 0 Å². The number of ether oxygens (including phenoxy) is 1. The minimum atomic E-state index is 0. The van der Waals surface area contributed by atoms with Gasteiger partial charge in [0, 0.05) is 25.7 Å². The summed E-state index contributed by atoms with van der Waals surface area (Å²) < 4.78 is 5.81. The lowest BCUT2D eigenvalue weighted by molar-refractivity contribution is 0.313. The smallest absolute Gasteiger partial charge is 0.191 e. The SMILES string of the molecule is CCCNC(=NC)NCc1ccc(C)cc1OCCC.I. The summed E-state index contributed by atoms with van der Waals surface area (Å²) in [7, 11) is 1.79. The van der Waals surface area contributed by atoms with E-state index in [9.17, 15) is 0 Å².